The molecule has 1 heterocycles. The van der Waals surface area contributed by atoms with Gasteiger partial charge in [-0.25, -0.2) is 17.9 Å². The zero-order chi connectivity index (χ0) is 20.4. The molecule has 146 valence electrons. The van der Waals surface area contributed by atoms with Crippen LogP contribution in [0.2, 0.25) is 0 Å². The number of benzene rings is 2. The molecule has 1 N–H and O–H groups in total. The lowest BCUT2D eigenvalue weighted by Gasteiger charge is -2.15. The van der Waals surface area contributed by atoms with Crippen molar-refractivity contribution in [2.45, 2.75) is 20.4 Å². The summed E-state index contributed by atoms with van der Waals surface area (Å²) in [5.41, 5.74) is 1.16. The maximum atomic E-state index is 13.5. The van der Waals surface area contributed by atoms with Gasteiger partial charge in [-0.05, 0) is 55.3 Å². The van der Waals surface area contributed by atoms with Gasteiger partial charge < -0.3 is 10.1 Å². The van der Waals surface area contributed by atoms with Gasteiger partial charge in [-0.3, -0.25) is 4.79 Å². The summed E-state index contributed by atoms with van der Waals surface area (Å²) in [7, 11) is 1.55. The SMILES string of the molecule is COc1ccc(Nc2nc(=O)c(C)nn2Cc2cc(F)c(F)c(F)c2)c(C)c1. The van der Waals surface area contributed by atoms with Crippen LogP contribution < -0.4 is 15.6 Å². The molecule has 3 aromatic rings. The van der Waals surface area contributed by atoms with E-state index in [0.717, 1.165) is 17.7 Å². The Balaban J connectivity index is 2.00. The van der Waals surface area contributed by atoms with Crippen LogP contribution in [0.3, 0.4) is 0 Å². The molecule has 28 heavy (non-hydrogen) atoms. The Labute approximate surface area is 158 Å². The first-order chi connectivity index (χ1) is 13.3. The number of halogens is 3. The molecule has 0 atom stereocenters. The zero-order valence-electron chi connectivity index (χ0n) is 15.4. The molecule has 2 aromatic carbocycles. The summed E-state index contributed by atoms with van der Waals surface area (Å²) in [6, 6.07) is 6.99. The third kappa shape index (κ3) is 3.98. The van der Waals surface area contributed by atoms with Gasteiger partial charge in [0.05, 0.1) is 13.7 Å². The highest BCUT2D eigenvalue weighted by Gasteiger charge is 2.14. The minimum atomic E-state index is -1.54. The van der Waals surface area contributed by atoms with Crippen molar-refractivity contribution < 1.29 is 17.9 Å². The number of anilines is 2. The summed E-state index contributed by atoms with van der Waals surface area (Å²) in [6.07, 6.45) is 0. The van der Waals surface area contributed by atoms with Crippen molar-refractivity contribution in [1.82, 2.24) is 14.8 Å². The summed E-state index contributed by atoms with van der Waals surface area (Å²) in [5, 5.41) is 7.12. The van der Waals surface area contributed by atoms with Gasteiger partial charge in [0.15, 0.2) is 17.5 Å². The topological polar surface area (TPSA) is 69.0 Å². The average molecular weight is 390 g/mol. The van der Waals surface area contributed by atoms with Crippen LogP contribution in [0.25, 0.3) is 0 Å². The highest BCUT2D eigenvalue weighted by atomic mass is 19.2. The number of aryl methyl sites for hydroxylation is 2. The quantitative estimate of drug-likeness (QED) is 0.676. The van der Waals surface area contributed by atoms with E-state index in [1.165, 1.54) is 11.6 Å². The van der Waals surface area contributed by atoms with Gasteiger partial charge in [0.1, 0.15) is 11.4 Å². The first-order valence-corrected chi connectivity index (χ1v) is 8.29. The van der Waals surface area contributed by atoms with Crippen LogP contribution in [0.15, 0.2) is 35.1 Å². The lowest BCUT2D eigenvalue weighted by atomic mass is 10.2. The number of ether oxygens (including phenoxy) is 1. The van der Waals surface area contributed by atoms with E-state index >= 15 is 0 Å². The predicted molar refractivity (Wildman–Crippen MR) is 97.5 cm³/mol. The van der Waals surface area contributed by atoms with E-state index in [0.29, 0.717) is 11.4 Å². The fourth-order valence-electron chi connectivity index (χ4n) is 2.60. The molecular weight excluding hydrogens is 373 g/mol. The minimum Gasteiger partial charge on any atom is -0.497 e. The van der Waals surface area contributed by atoms with Crippen molar-refractivity contribution in [3.8, 4) is 5.75 Å². The third-order valence-electron chi connectivity index (χ3n) is 4.09. The van der Waals surface area contributed by atoms with E-state index in [2.05, 4.69) is 15.4 Å². The van der Waals surface area contributed by atoms with Crippen LogP contribution in [-0.4, -0.2) is 21.9 Å². The molecule has 0 aliphatic heterocycles. The number of hydrogen-bond donors (Lipinski definition) is 1. The molecule has 0 radical (unpaired) electrons. The Morgan fingerprint density at radius 2 is 1.79 bits per heavy atom. The highest BCUT2D eigenvalue weighted by molar-refractivity contribution is 5.60. The predicted octanol–water partition coefficient (Wildman–Crippen LogP) is 3.47. The van der Waals surface area contributed by atoms with Crippen molar-refractivity contribution in [2.24, 2.45) is 0 Å². The Morgan fingerprint density at radius 3 is 2.39 bits per heavy atom. The van der Waals surface area contributed by atoms with Crippen LogP contribution in [-0.2, 0) is 6.54 Å². The van der Waals surface area contributed by atoms with Crippen molar-refractivity contribution in [3.05, 3.63) is 75.0 Å². The Hall–Kier alpha value is -3.36. The Bertz CT molecular complexity index is 1080. The lowest BCUT2D eigenvalue weighted by Crippen LogP contribution is -2.23. The second kappa shape index (κ2) is 7.71. The van der Waals surface area contributed by atoms with Gasteiger partial charge in [0, 0.05) is 5.69 Å². The molecule has 0 unspecified atom stereocenters. The van der Waals surface area contributed by atoms with Crippen LogP contribution in [0.5, 0.6) is 5.75 Å². The van der Waals surface area contributed by atoms with E-state index < -0.39 is 23.0 Å². The standard InChI is InChI=1S/C19H17F3N4O2/c1-10-6-13(28-3)4-5-16(10)23-19-24-18(27)11(2)25-26(19)9-12-7-14(20)17(22)15(21)8-12/h4-8H,9H2,1-3H3,(H,23,24,27). The number of methoxy groups -OCH3 is 1. The number of hydrogen-bond acceptors (Lipinski definition) is 5. The fourth-order valence-corrected chi connectivity index (χ4v) is 2.60. The maximum absolute atomic E-state index is 13.5. The fraction of sp³-hybridized carbons (Fsp3) is 0.211. The minimum absolute atomic E-state index is 0.0778. The summed E-state index contributed by atoms with van der Waals surface area (Å²) in [4.78, 5) is 15.9. The third-order valence-corrected chi connectivity index (χ3v) is 4.09. The molecule has 0 saturated heterocycles. The number of nitrogens with zero attached hydrogens (tertiary/aromatic N) is 3. The first kappa shape index (κ1) is 19.4. The molecule has 0 bridgehead atoms. The molecule has 3 rings (SSSR count). The first-order valence-electron chi connectivity index (χ1n) is 8.29. The van der Waals surface area contributed by atoms with Crippen molar-refractivity contribution in [2.75, 3.05) is 12.4 Å². The van der Waals surface area contributed by atoms with Crippen molar-refractivity contribution in [1.29, 1.82) is 0 Å². The van der Waals surface area contributed by atoms with Gasteiger partial charge >= 0.3 is 0 Å². The van der Waals surface area contributed by atoms with Crippen LogP contribution in [0, 0.1) is 31.3 Å². The summed E-state index contributed by atoms with van der Waals surface area (Å²) in [5.74, 6) is -3.41. The molecule has 0 aliphatic rings. The zero-order valence-corrected chi connectivity index (χ0v) is 15.4. The van der Waals surface area contributed by atoms with Crippen LogP contribution in [0.1, 0.15) is 16.8 Å². The molecule has 1 aromatic heterocycles. The second-order valence-corrected chi connectivity index (χ2v) is 6.16. The van der Waals surface area contributed by atoms with Gasteiger partial charge in [-0.2, -0.15) is 10.1 Å². The molecule has 0 fully saturated rings. The summed E-state index contributed by atoms with van der Waals surface area (Å²) in [6.45, 7) is 3.18. The largest absolute Gasteiger partial charge is 0.497 e. The summed E-state index contributed by atoms with van der Waals surface area (Å²) >= 11 is 0. The van der Waals surface area contributed by atoms with Crippen molar-refractivity contribution >= 4 is 11.6 Å². The number of aromatic nitrogens is 3. The average Bonchev–Trinajstić information content (AvgIpc) is 2.65. The van der Waals surface area contributed by atoms with Gasteiger partial charge in [-0.15, -0.1) is 0 Å². The second-order valence-electron chi connectivity index (χ2n) is 6.16. The molecule has 0 aliphatic carbocycles. The van der Waals surface area contributed by atoms with Crippen molar-refractivity contribution in [3.63, 3.8) is 0 Å². The lowest BCUT2D eigenvalue weighted by molar-refractivity contribution is 0.414. The van der Waals surface area contributed by atoms with E-state index in [9.17, 15) is 18.0 Å². The van der Waals surface area contributed by atoms with Gasteiger partial charge in [0.2, 0.25) is 5.95 Å². The van der Waals surface area contributed by atoms with Gasteiger partial charge in [-0.1, -0.05) is 0 Å². The number of rotatable bonds is 5. The van der Waals surface area contributed by atoms with E-state index in [1.54, 1.807) is 25.3 Å². The highest BCUT2D eigenvalue weighted by Crippen LogP contribution is 2.24. The van der Waals surface area contributed by atoms with E-state index in [1.807, 2.05) is 6.92 Å². The molecule has 9 heteroatoms. The normalized spacial score (nSPS) is 10.8. The molecule has 6 nitrogen and oxygen atoms in total. The monoisotopic (exact) mass is 390 g/mol. The van der Waals surface area contributed by atoms with Gasteiger partial charge in [0.25, 0.3) is 5.56 Å². The van der Waals surface area contributed by atoms with E-state index in [-0.39, 0.29) is 23.8 Å². The molecule has 0 saturated carbocycles. The van der Waals surface area contributed by atoms with Crippen LogP contribution in [0.4, 0.5) is 24.8 Å². The summed E-state index contributed by atoms with van der Waals surface area (Å²) < 4.78 is 46.7. The van der Waals surface area contributed by atoms with E-state index in [4.69, 9.17) is 4.74 Å². The Morgan fingerprint density at radius 1 is 1.11 bits per heavy atom. The smallest absolute Gasteiger partial charge is 0.296 e. The maximum Gasteiger partial charge on any atom is 0.296 e. The number of nitrogens with one attached hydrogen (secondary N) is 1. The molecule has 0 amide bonds. The molecule has 0 spiro atoms. The van der Waals surface area contributed by atoms with Crippen LogP contribution >= 0.6 is 0 Å². The molecular formula is C19H17F3N4O2. The Kier molecular flexibility index (Phi) is 5.34.